The van der Waals surface area contributed by atoms with E-state index in [1.807, 2.05) is 13.0 Å². The summed E-state index contributed by atoms with van der Waals surface area (Å²) in [6.45, 7) is 5.80. The van der Waals surface area contributed by atoms with Gasteiger partial charge >= 0.3 is 0 Å². The van der Waals surface area contributed by atoms with E-state index < -0.39 is 6.10 Å². The van der Waals surface area contributed by atoms with Crippen LogP contribution in [-0.2, 0) is 9.53 Å². The van der Waals surface area contributed by atoms with Crippen LogP contribution in [0.2, 0.25) is 5.02 Å². The lowest BCUT2D eigenvalue weighted by molar-refractivity contribution is -0.129. The quantitative estimate of drug-likeness (QED) is 0.410. The third kappa shape index (κ3) is 7.83. The van der Waals surface area contributed by atoms with Crippen LogP contribution in [0, 0.1) is 0 Å². The van der Waals surface area contributed by atoms with Gasteiger partial charge in [0.25, 0.3) is 11.8 Å². The van der Waals surface area contributed by atoms with E-state index in [-0.39, 0.29) is 23.9 Å². The van der Waals surface area contributed by atoms with E-state index in [0.717, 1.165) is 38.0 Å². The van der Waals surface area contributed by atoms with Gasteiger partial charge in [0, 0.05) is 43.5 Å². The zero-order valence-electron chi connectivity index (χ0n) is 21.3. The smallest absolute Gasteiger partial charge is 0.261 e. The van der Waals surface area contributed by atoms with Crippen molar-refractivity contribution in [3.8, 4) is 5.75 Å². The molecule has 2 amide bonds. The number of pyridine rings is 1. The van der Waals surface area contributed by atoms with Gasteiger partial charge in [0.15, 0.2) is 6.10 Å². The Morgan fingerprint density at radius 2 is 1.97 bits per heavy atom. The molecule has 0 spiro atoms. The number of anilines is 1. The molecule has 1 aliphatic heterocycles. The summed E-state index contributed by atoms with van der Waals surface area (Å²) < 4.78 is 10.9. The van der Waals surface area contributed by atoms with E-state index in [1.165, 1.54) is 0 Å². The maximum atomic E-state index is 13.0. The van der Waals surface area contributed by atoms with Crippen molar-refractivity contribution < 1.29 is 19.1 Å². The van der Waals surface area contributed by atoms with Crippen LogP contribution in [0.15, 0.2) is 42.6 Å². The second-order valence-corrected chi connectivity index (χ2v) is 9.42. The number of benzene rings is 1. The average molecular weight is 517 g/mol. The predicted octanol–water partition coefficient (Wildman–Crippen LogP) is 4.22. The highest BCUT2D eigenvalue weighted by atomic mass is 35.5. The fourth-order valence-electron chi connectivity index (χ4n) is 4.44. The van der Waals surface area contributed by atoms with E-state index in [4.69, 9.17) is 21.1 Å². The van der Waals surface area contributed by atoms with Crippen LogP contribution in [0.1, 0.15) is 56.3 Å². The number of piperidine rings is 1. The van der Waals surface area contributed by atoms with Gasteiger partial charge in [-0.2, -0.15) is 0 Å². The van der Waals surface area contributed by atoms with Gasteiger partial charge in [-0.05, 0) is 62.1 Å². The monoisotopic (exact) mass is 516 g/mol. The lowest BCUT2D eigenvalue weighted by Gasteiger charge is -2.41. The molecule has 0 saturated carbocycles. The minimum Gasteiger partial charge on any atom is -0.481 e. The van der Waals surface area contributed by atoms with Crippen molar-refractivity contribution >= 4 is 29.2 Å². The molecule has 0 radical (unpaired) electrons. The summed E-state index contributed by atoms with van der Waals surface area (Å²) in [7, 11) is 1.60. The number of nitrogens with one attached hydrogen (secondary N) is 2. The van der Waals surface area contributed by atoms with Gasteiger partial charge in [0.1, 0.15) is 11.6 Å². The molecule has 36 heavy (non-hydrogen) atoms. The summed E-state index contributed by atoms with van der Waals surface area (Å²) in [6.07, 6.45) is 5.29. The first-order valence-corrected chi connectivity index (χ1v) is 13.0. The van der Waals surface area contributed by atoms with E-state index in [2.05, 4.69) is 27.4 Å². The maximum absolute atomic E-state index is 13.0. The van der Waals surface area contributed by atoms with Crippen LogP contribution in [-0.4, -0.2) is 61.8 Å². The van der Waals surface area contributed by atoms with Crippen molar-refractivity contribution in [2.24, 2.45) is 0 Å². The molecule has 1 aromatic carbocycles. The summed E-state index contributed by atoms with van der Waals surface area (Å²) in [5, 5.41) is 6.65. The Bertz CT molecular complexity index is 971. The minimum atomic E-state index is -0.557. The molecule has 3 rings (SSSR count). The summed E-state index contributed by atoms with van der Waals surface area (Å²) in [5.74, 6) is 1.22. The van der Waals surface area contributed by atoms with E-state index in [1.54, 1.807) is 43.6 Å². The standard InChI is InChI=1S/C27H37ClN4O4/c1-4-6-22-17-21(31-27(34)24(5-2)36-23-10-8-20(28)9-11-23)13-15-32(22)25-12-7-19(18-30-25)26(33)29-14-16-35-3/h7-12,18,21-22,24H,4-6,13-17H2,1-3H3,(H,29,33)(H,31,34). The molecule has 0 bridgehead atoms. The van der Waals surface area contributed by atoms with Gasteiger partial charge in [0.05, 0.1) is 12.2 Å². The number of carbonyl (C=O) groups is 2. The Morgan fingerprint density at radius 1 is 1.19 bits per heavy atom. The predicted molar refractivity (Wildman–Crippen MR) is 142 cm³/mol. The Morgan fingerprint density at radius 3 is 2.61 bits per heavy atom. The highest BCUT2D eigenvalue weighted by Gasteiger charge is 2.31. The molecule has 0 aliphatic carbocycles. The molecule has 1 saturated heterocycles. The van der Waals surface area contributed by atoms with E-state index >= 15 is 0 Å². The number of aromatic nitrogens is 1. The van der Waals surface area contributed by atoms with Crippen LogP contribution in [0.3, 0.4) is 0 Å². The van der Waals surface area contributed by atoms with Gasteiger partial charge in [-0.1, -0.05) is 31.9 Å². The summed E-state index contributed by atoms with van der Waals surface area (Å²) >= 11 is 5.95. The number of ether oxygens (including phenoxy) is 2. The lowest BCUT2D eigenvalue weighted by Crippen LogP contribution is -2.52. The first-order valence-electron chi connectivity index (χ1n) is 12.7. The molecule has 3 atom stereocenters. The number of hydrogen-bond donors (Lipinski definition) is 2. The molecule has 9 heteroatoms. The number of rotatable bonds is 12. The Balaban J connectivity index is 1.59. The van der Waals surface area contributed by atoms with Crippen molar-refractivity contribution in [3.05, 3.63) is 53.2 Å². The highest BCUT2D eigenvalue weighted by molar-refractivity contribution is 6.30. The largest absolute Gasteiger partial charge is 0.481 e. The molecule has 8 nitrogen and oxygen atoms in total. The van der Waals surface area contributed by atoms with Gasteiger partial charge in [-0.15, -0.1) is 0 Å². The fourth-order valence-corrected chi connectivity index (χ4v) is 4.57. The fraction of sp³-hybridized carbons (Fsp3) is 0.519. The van der Waals surface area contributed by atoms with Gasteiger partial charge < -0.3 is 25.0 Å². The molecule has 1 fully saturated rings. The number of nitrogens with zero attached hydrogens (tertiary/aromatic N) is 2. The summed E-state index contributed by atoms with van der Waals surface area (Å²) in [4.78, 5) is 32.1. The second-order valence-electron chi connectivity index (χ2n) is 8.99. The molecule has 2 N–H and O–H groups in total. The first-order chi connectivity index (χ1) is 17.4. The number of halogens is 1. The summed E-state index contributed by atoms with van der Waals surface area (Å²) in [6, 6.07) is 11.1. The molecular weight excluding hydrogens is 480 g/mol. The highest BCUT2D eigenvalue weighted by Crippen LogP contribution is 2.27. The topological polar surface area (TPSA) is 92.8 Å². The minimum absolute atomic E-state index is 0.0685. The number of hydrogen-bond acceptors (Lipinski definition) is 6. The zero-order valence-corrected chi connectivity index (χ0v) is 22.1. The van der Waals surface area contributed by atoms with Crippen molar-refractivity contribution in [2.45, 2.75) is 64.1 Å². The SMILES string of the molecule is CCCC1CC(NC(=O)C(CC)Oc2ccc(Cl)cc2)CCN1c1ccc(C(=O)NCCOC)cn1. The Hall–Kier alpha value is -2.84. The molecule has 1 aromatic heterocycles. The normalized spacial score (nSPS) is 18.4. The van der Waals surface area contributed by atoms with E-state index in [0.29, 0.717) is 35.9 Å². The third-order valence-corrected chi connectivity index (χ3v) is 6.59. The Kier molecular flexibility index (Phi) is 10.8. The Labute approximate surface area is 218 Å². The summed E-state index contributed by atoms with van der Waals surface area (Å²) in [5.41, 5.74) is 0.523. The average Bonchev–Trinajstić information content (AvgIpc) is 2.89. The van der Waals surface area contributed by atoms with Crippen LogP contribution in [0.4, 0.5) is 5.82 Å². The lowest BCUT2D eigenvalue weighted by atomic mass is 9.93. The van der Waals surface area contributed by atoms with Crippen molar-refractivity contribution in [1.29, 1.82) is 0 Å². The molecule has 2 heterocycles. The van der Waals surface area contributed by atoms with Crippen molar-refractivity contribution in [3.63, 3.8) is 0 Å². The van der Waals surface area contributed by atoms with Crippen LogP contribution in [0.25, 0.3) is 0 Å². The number of carbonyl (C=O) groups excluding carboxylic acids is 2. The van der Waals surface area contributed by atoms with E-state index in [9.17, 15) is 9.59 Å². The number of methoxy groups -OCH3 is 1. The zero-order chi connectivity index (χ0) is 25.9. The second kappa shape index (κ2) is 14.0. The van der Waals surface area contributed by atoms with Gasteiger partial charge in [-0.25, -0.2) is 4.98 Å². The van der Waals surface area contributed by atoms with Gasteiger partial charge in [0.2, 0.25) is 0 Å². The molecule has 2 aromatic rings. The van der Waals surface area contributed by atoms with Crippen molar-refractivity contribution in [2.75, 3.05) is 31.7 Å². The molecule has 3 unspecified atom stereocenters. The van der Waals surface area contributed by atoms with Crippen LogP contribution < -0.4 is 20.3 Å². The number of amides is 2. The molecule has 196 valence electrons. The molecular formula is C27H37ClN4O4. The van der Waals surface area contributed by atoms with Crippen LogP contribution in [0.5, 0.6) is 5.75 Å². The van der Waals surface area contributed by atoms with Crippen LogP contribution >= 0.6 is 11.6 Å². The first kappa shape index (κ1) is 27.7. The molecule has 1 aliphatic rings. The van der Waals surface area contributed by atoms with Gasteiger partial charge in [-0.3, -0.25) is 9.59 Å². The maximum Gasteiger partial charge on any atom is 0.261 e. The van der Waals surface area contributed by atoms with Crippen molar-refractivity contribution in [1.82, 2.24) is 15.6 Å². The third-order valence-electron chi connectivity index (χ3n) is 6.34.